The Morgan fingerprint density at radius 1 is 0.500 bits per heavy atom. The number of hydrogen-bond donors (Lipinski definition) is 4. The van der Waals surface area contributed by atoms with Gasteiger partial charge >= 0.3 is 5.97 Å². The Hall–Kier alpha value is -6.52. The van der Waals surface area contributed by atoms with Crippen molar-refractivity contribution in [3.8, 4) is 0 Å². The van der Waals surface area contributed by atoms with Crippen molar-refractivity contribution in [3.63, 3.8) is 0 Å². The van der Waals surface area contributed by atoms with E-state index in [1.165, 1.54) is 6.20 Å². The Bertz CT molecular complexity index is 2370. The molecule has 32 nitrogen and oxygen atoms in total. The van der Waals surface area contributed by atoms with E-state index in [4.69, 9.17) is 67.2 Å². The molecule has 0 aromatic carbocycles. The van der Waals surface area contributed by atoms with E-state index in [0.717, 1.165) is 18.6 Å². The van der Waals surface area contributed by atoms with Gasteiger partial charge in [-0.05, 0) is 89.3 Å². The summed E-state index contributed by atoms with van der Waals surface area (Å²) >= 11 is 0. The number of nitrogens with zero attached hydrogens (tertiary/aromatic N) is 6. The molecule has 4 N–H and O–H groups in total. The van der Waals surface area contributed by atoms with Crippen molar-refractivity contribution in [2.75, 3.05) is 184 Å². The maximum Gasteiger partial charge on any atom is 0.335 e. The molecule has 1 fully saturated rings. The zero-order valence-electron chi connectivity index (χ0n) is 56.5. The van der Waals surface area contributed by atoms with Crippen LogP contribution in [0, 0.1) is 0 Å². The molecule has 1 aromatic rings. The number of ketones is 3. The Morgan fingerprint density at radius 2 is 0.979 bits per heavy atom. The average molecular weight is 1370 g/mol. The van der Waals surface area contributed by atoms with Gasteiger partial charge in [-0.25, -0.2) is 9.78 Å². The van der Waals surface area contributed by atoms with Gasteiger partial charge in [0.2, 0.25) is 11.8 Å². The van der Waals surface area contributed by atoms with Crippen molar-refractivity contribution in [1.82, 2.24) is 26.0 Å². The van der Waals surface area contributed by atoms with Crippen molar-refractivity contribution >= 4 is 64.4 Å². The van der Waals surface area contributed by atoms with Crippen LogP contribution in [0.2, 0.25) is 0 Å². The van der Waals surface area contributed by atoms with E-state index in [0.29, 0.717) is 226 Å². The second-order valence-electron chi connectivity index (χ2n) is 21.8. The number of pyridine rings is 1. The van der Waals surface area contributed by atoms with E-state index in [9.17, 15) is 43.2 Å². The lowest BCUT2D eigenvalue weighted by Gasteiger charge is -2.18. The summed E-state index contributed by atoms with van der Waals surface area (Å²) in [5.74, 6) is -2.10. The van der Waals surface area contributed by atoms with E-state index in [1.54, 1.807) is 12.1 Å². The third-order valence-corrected chi connectivity index (χ3v) is 13.5. The summed E-state index contributed by atoms with van der Waals surface area (Å²) in [6.45, 7) is 12.7. The summed E-state index contributed by atoms with van der Waals surface area (Å²) in [7, 11) is 0. The topological polar surface area (TPSA) is 399 Å². The third-order valence-electron chi connectivity index (χ3n) is 13.5. The Kier molecular flexibility index (Phi) is 54.2. The zero-order chi connectivity index (χ0) is 69.6. The molecule has 32 heteroatoms. The van der Waals surface area contributed by atoms with Gasteiger partial charge in [0.25, 0.3) is 17.7 Å². The summed E-state index contributed by atoms with van der Waals surface area (Å²) < 4.78 is 66.3. The second kappa shape index (κ2) is 60.9. The first-order chi connectivity index (χ1) is 46.8. The molecule has 544 valence electrons. The highest BCUT2D eigenvalue weighted by Gasteiger charge is 2.32. The number of Topliss-reactive ketones (excluding diaryl/α,β-unsaturated/α-hetero) is 3. The van der Waals surface area contributed by atoms with E-state index >= 15 is 0 Å². The lowest BCUT2D eigenvalue weighted by atomic mass is 10.0. The predicted octanol–water partition coefficient (Wildman–Crippen LogP) is 4.68. The van der Waals surface area contributed by atoms with Gasteiger partial charge in [0.1, 0.15) is 17.4 Å². The molecule has 0 radical (unpaired) electrons. The number of unbranched alkanes of at least 4 members (excludes halogenated alkanes) is 3. The molecule has 2 rings (SSSR count). The van der Waals surface area contributed by atoms with Crippen LogP contribution in [0.4, 0.5) is 5.82 Å². The number of aromatic nitrogens is 1. The lowest BCUT2D eigenvalue weighted by Crippen LogP contribution is -2.41. The molecule has 96 heavy (non-hydrogen) atoms. The van der Waals surface area contributed by atoms with Crippen LogP contribution in [0.25, 0.3) is 10.4 Å². The fourth-order valence-electron chi connectivity index (χ4n) is 8.35. The van der Waals surface area contributed by atoms with Gasteiger partial charge in [-0.3, -0.25) is 43.8 Å². The molecule has 1 unspecified atom stereocenters. The first kappa shape index (κ1) is 85.6. The molecule has 0 saturated carbocycles. The molecular weight excluding hydrogens is 1260 g/mol. The van der Waals surface area contributed by atoms with Crippen LogP contribution < -0.4 is 21.4 Å². The molecule has 1 aliphatic heterocycles. The number of carbonyl (C=O) groups is 9. The van der Waals surface area contributed by atoms with Crippen molar-refractivity contribution in [3.05, 3.63) is 34.3 Å². The molecule has 2 heterocycles. The number of ether oxygens (including phenoxy) is 12. The maximum absolute atomic E-state index is 13.4. The van der Waals surface area contributed by atoms with Gasteiger partial charge in [0, 0.05) is 114 Å². The van der Waals surface area contributed by atoms with Crippen LogP contribution in [-0.2, 0) is 100 Å². The van der Waals surface area contributed by atoms with Crippen LogP contribution in [0.15, 0.2) is 28.5 Å². The summed E-state index contributed by atoms with van der Waals surface area (Å²) in [6, 6.07) is 2.60. The largest absolute Gasteiger partial charge is 0.379 e. The van der Waals surface area contributed by atoms with Gasteiger partial charge in [-0.15, -0.1) is 5.06 Å². The van der Waals surface area contributed by atoms with E-state index in [2.05, 4.69) is 41.5 Å². The Balaban J connectivity index is 1.54. The maximum atomic E-state index is 13.4. The fourth-order valence-corrected chi connectivity index (χ4v) is 8.35. The van der Waals surface area contributed by atoms with Gasteiger partial charge in [-0.2, -0.15) is 5.10 Å². The molecule has 1 aromatic heterocycles. The van der Waals surface area contributed by atoms with Crippen LogP contribution in [-0.4, -0.2) is 253 Å². The summed E-state index contributed by atoms with van der Waals surface area (Å²) in [4.78, 5) is 122. The standard InChI is InChI=1S/C64H106N10O22/c1-52(2)71-72-58-18-16-53(51-68-58)64(83)67-26-32-89-38-33-86-29-10-13-55(76)17-19-59(78)66-24-6-3-14-56(57(77)15-5-8-28-85-35-40-90-39-34-84-27-7-4-11-54(75)12-9-25-69-73-65)70-60(79)22-30-87-36-41-91-43-45-93-47-49-95-50-48-94-46-44-92-42-37-88-31-23-63(82)96-74-61(80)20-21-62(74)81/h16,18,51,56H,3-15,17,19-50H2,1-2H3,(H,66,78)(H,67,83)(H,68,72)(H,70,79). The summed E-state index contributed by atoms with van der Waals surface area (Å²) in [5, 5.41) is 16.5. The van der Waals surface area contributed by atoms with E-state index in [-0.39, 0.29) is 113 Å². The number of hydrazone groups is 1. The van der Waals surface area contributed by atoms with Crippen molar-refractivity contribution < 1.29 is 105 Å². The Labute approximate surface area is 563 Å². The number of rotatable bonds is 68. The summed E-state index contributed by atoms with van der Waals surface area (Å²) in [5.41, 5.74) is 12.4. The molecule has 1 aliphatic rings. The van der Waals surface area contributed by atoms with Crippen LogP contribution in [0.3, 0.4) is 0 Å². The molecule has 1 atom stereocenters. The van der Waals surface area contributed by atoms with E-state index < -0.39 is 23.8 Å². The van der Waals surface area contributed by atoms with Crippen LogP contribution >= 0.6 is 0 Å². The molecule has 5 amide bonds. The minimum absolute atomic E-state index is 0.0323. The highest BCUT2D eigenvalue weighted by molar-refractivity contribution is 6.01. The number of carbonyl (C=O) groups excluding carboxylic acids is 9. The number of nitrogens with one attached hydrogen (secondary N) is 4. The lowest BCUT2D eigenvalue weighted by molar-refractivity contribution is -0.198. The monoisotopic (exact) mass is 1370 g/mol. The molecular formula is C64H106N10O22. The minimum atomic E-state index is -0.727. The summed E-state index contributed by atoms with van der Waals surface area (Å²) in [6.07, 6.45) is 8.30. The van der Waals surface area contributed by atoms with Crippen molar-refractivity contribution in [1.29, 1.82) is 0 Å². The Morgan fingerprint density at radius 3 is 1.51 bits per heavy atom. The zero-order valence-corrected chi connectivity index (χ0v) is 56.5. The highest BCUT2D eigenvalue weighted by Crippen LogP contribution is 2.13. The SMILES string of the molecule is CC(C)=NNc1ccc(C(=O)NCCOCCOCCCC(=O)CCC(=O)NCCCCC(NC(=O)CCOCCOCCOCCOCCOCCOCCOCCC(=O)ON2C(=O)CCC2=O)C(=O)CCCCOCCOCCOCCCCC(=O)CCCN=[N+]=[N-])cn1. The van der Waals surface area contributed by atoms with Crippen LogP contribution in [0.1, 0.15) is 146 Å². The third kappa shape index (κ3) is 50.8. The number of amides is 5. The van der Waals surface area contributed by atoms with Gasteiger partial charge in [-0.1, -0.05) is 5.11 Å². The average Bonchev–Trinajstić information content (AvgIpc) is 2.31. The van der Waals surface area contributed by atoms with Crippen molar-refractivity contribution in [2.45, 2.75) is 142 Å². The number of hydrogen-bond acceptors (Lipinski definition) is 26. The van der Waals surface area contributed by atoms with E-state index in [1.807, 2.05) is 13.8 Å². The molecule has 1 saturated heterocycles. The van der Waals surface area contributed by atoms with Gasteiger partial charge in [0.05, 0.1) is 157 Å². The van der Waals surface area contributed by atoms with Crippen LogP contribution in [0.5, 0.6) is 0 Å². The highest BCUT2D eigenvalue weighted by atomic mass is 16.7. The van der Waals surface area contributed by atoms with Crippen molar-refractivity contribution in [2.24, 2.45) is 10.2 Å². The normalized spacial score (nSPS) is 12.3. The smallest absolute Gasteiger partial charge is 0.335 e. The van der Waals surface area contributed by atoms with Gasteiger partial charge in [0.15, 0.2) is 5.78 Å². The first-order valence-electron chi connectivity index (χ1n) is 33.4. The second-order valence-corrected chi connectivity index (χ2v) is 21.8. The predicted molar refractivity (Wildman–Crippen MR) is 348 cm³/mol. The fraction of sp³-hybridized carbons (Fsp3) is 0.766. The quantitative estimate of drug-likeness (QED) is 0.0131. The number of anilines is 1. The number of azide groups is 1. The number of hydroxylamine groups is 2. The first-order valence-corrected chi connectivity index (χ1v) is 33.4. The molecule has 0 spiro atoms. The minimum Gasteiger partial charge on any atom is -0.379 e. The number of imide groups is 1. The molecule has 0 bridgehead atoms. The van der Waals surface area contributed by atoms with Gasteiger partial charge < -0.3 is 77.6 Å². The molecule has 0 aliphatic carbocycles.